The summed E-state index contributed by atoms with van der Waals surface area (Å²) in [5, 5.41) is 12.6. The first-order valence-corrected chi connectivity index (χ1v) is 7.38. The Labute approximate surface area is 130 Å². The Bertz CT molecular complexity index is 539. The molecule has 6 nitrogen and oxygen atoms in total. The smallest absolute Gasteiger partial charge is 0.338 e. The molecule has 1 aromatic rings. The second-order valence-corrected chi connectivity index (χ2v) is 6.53. The number of nitrogens with two attached hydrogens (primary N) is 1. The molecule has 1 unspecified atom stereocenters. The Balaban J connectivity index is 2.15. The van der Waals surface area contributed by atoms with Crippen molar-refractivity contribution in [2.45, 2.75) is 32.4 Å². The van der Waals surface area contributed by atoms with Crippen LogP contribution in [0.4, 0.5) is 11.4 Å². The van der Waals surface area contributed by atoms with E-state index in [9.17, 15) is 9.90 Å². The number of nitrogen functional groups attached to an aromatic ring is 1. The number of hydrogen-bond acceptors (Lipinski definition) is 6. The van der Waals surface area contributed by atoms with Gasteiger partial charge in [0.15, 0.2) is 0 Å². The standard InChI is InChI=1S/C16H24N2O4/c1-16(2,3)22-15(20)10-4-5-12(17)13(6-10)18-14-9-21-8-11(14)7-19/h4-6,11,14,18-19H,7-9,17H2,1-3H3/t11-,14?/m1/s1. The molecule has 0 bridgehead atoms. The number of aliphatic hydroxyl groups is 1. The zero-order valence-electron chi connectivity index (χ0n) is 13.3. The van der Waals surface area contributed by atoms with E-state index in [2.05, 4.69) is 5.32 Å². The highest BCUT2D eigenvalue weighted by Crippen LogP contribution is 2.25. The average Bonchev–Trinajstić information content (AvgIpc) is 2.86. The monoisotopic (exact) mass is 308 g/mol. The van der Waals surface area contributed by atoms with E-state index in [0.29, 0.717) is 30.2 Å². The fraction of sp³-hybridized carbons (Fsp3) is 0.562. The van der Waals surface area contributed by atoms with Crippen molar-refractivity contribution in [1.82, 2.24) is 0 Å². The number of ether oxygens (including phenoxy) is 2. The van der Waals surface area contributed by atoms with Gasteiger partial charge in [0.1, 0.15) is 5.60 Å². The molecular formula is C16H24N2O4. The summed E-state index contributed by atoms with van der Waals surface area (Å²) in [5.41, 5.74) is 7.04. The number of anilines is 2. The maximum atomic E-state index is 12.1. The average molecular weight is 308 g/mol. The van der Waals surface area contributed by atoms with E-state index in [1.807, 2.05) is 20.8 Å². The SMILES string of the molecule is CC(C)(C)OC(=O)c1ccc(N)c(NC2COC[C@H]2CO)c1. The van der Waals surface area contributed by atoms with E-state index < -0.39 is 11.6 Å². The molecule has 0 aliphatic carbocycles. The van der Waals surface area contributed by atoms with Crippen LogP contribution in [0.25, 0.3) is 0 Å². The maximum Gasteiger partial charge on any atom is 0.338 e. The Morgan fingerprint density at radius 3 is 2.82 bits per heavy atom. The highest BCUT2D eigenvalue weighted by atomic mass is 16.6. The van der Waals surface area contributed by atoms with E-state index in [-0.39, 0.29) is 18.6 Å². The van der Waals surface area contributed by atoms with Crippen LogP contribution in [0.15, 0.2) is 18.2 Å². The van der Waals surface area contributed by atoms with E-state index >= 15 is 0 Å². The normalized spacial score (nSPS) is 21.6. The van der Waals surface area contributed by atoms with Crippen molar-refractivity contribution in [1.29, 1.82) is 0 Å². The molecule has 1 heterocycles. The summed E-state index contributed by atoms with van der Waals surface area (Å²) in [6.07, 6.45) is 0. The quantitative estimate of drug-likeness (QED) is 0.578. The van der Waals surface area contributed by atoms with E-state index in [4.69, 9.17) is 15.2 Å². The minimum Gasteiger partial charge on any atom is -0.456 e. The molecule has 22 heavy (non-hydrogen) atoms. The largest absolute Gasteiger partial charge is 0.456 e. The Hall–Kier alpha value is -1.79. The molecule has 0 saturated carbocycles. The third-order valence-corrected chi connectivity index (χ3v) is 3.46. The number of rotatable bonds is 4. The van der Waals surface area contributed by atoms with Crippen LogP contribution in [0, 0.1) is 5.92 Å². The van der Waals surface area contributed by atoms with E-state index in [0.717, 1.165) is 0 Å². The van der Waals surface area contributed by atoms with E-state index in [1.54, 1.807) is 18.2 Å². The predicted octanol–water partition coefficient (Wildman–Crippen LogP) is 1.64. The van der Waals surface area contributed by atoms with Crippen molar-refractivity contribution in [2.24, 2.45) is 5.92 Å². The third kappa shape index (κ3) is 4.11. The van der Waals surface area contributed by atoms with Gasteiger partial charge in [0, 0.05) is 5.92 Å². The van der Waals surface area contributed by atoms with Crippen molar-refractivity contribution in [3.05, 3.63) is 23.8 Å². The van der Waals surface area contributed by atoms with Crippen LogP contribution in [0.2, 0.25) is 0 Å². The lowest BCUT2D eigenvalue weighted by molar-refractivity contribution is 0.00696. The summed E-state index contributed by atoms with van der Waals surface area (Å²) in [7, 11) is 0. The summed E-state index contributed by atoms with van der Waals surface area (Å²) in [6, 6.07) is 4.96. The second-order valence-electron chi connectivity index (χ2n) is 6.53. The molecule has 1 fully saturated rings. The van der Waals surface area contributed by atoms with Crippen LogP contribution in [0.3, 0.4) is 0 Å². The molecule has 1 saturated heterocycles. The lowest BCUT2D eigenvalue weighted by Gasteiger charge is -2.22. The second kappa shape index (κ2) is 6.54. The van der Waals surface area contributed by atoms with Gasteiger partial charge in [-0.05, 0) is 39.0 Å². The Kier molecular flexibility index (Phi) is 4.93. The van der Waals surface area contributed by atoms with Gasteiger partial charge < -0.3 is 25.6 Å². The first kappa shape index (κ1) is 16.6. The van der Waals surface area contributed by atoms with Gasteiger partial charge in [-0.2, -0.15) is 0 Å². The molecule has 0 spiro atoms. The van der Waals surface area contributed by atoms with Gasteiger partial charge in [0.25, 0.3) is 0 Å². The number of esters is 1. The lowest BCUT2D eigenvalue weighted by Crippen LogP contribution is -2.30. The van der Waals surface area contributed by atoms with Gasteiger partial charge in [-0.1, -0.05) is 0 Å². The summed E-state index contributed by atoms with van der Waals surface area (Å²) in [5.74, 6) is -0.374. The fourth-order valence-corrected chi connectivity index (χ4v) is 2.28. The first-order chi connectivity index (χ1) is 10.3. The van der Waals surface area contributed by atoms with Crippen LogP contribution >= 0.6 is 0 Å². The molecule has 4 N–H and O–H groups in total. The summed E-state index contributed by atoms with van der Waals surface area (Å²) < 4.78 is 10.7. The highest BCUT2D eigenvalue weighted by Gasteiger charge is 2.28. The summed E-state index contributed by atoms with van der Waals surface area (Å²) in [4.78, 5) is 12.1. The number of nitrogens with one attached hydrogen (secondary N) is 1. The molecule has 0 radical (unpaired) electrons. The van der Waals surface area contributed by atoms with Gasteiger partial charge in [0.05, 0.1) is 42.8 Å². The molecular weight excluding hydrogens is 284 g/mol. The predicted molar refractivity (Wildman–Crippen MR) is 84.8 cm³/mol. The van der Waals surface area contributed by atoms with Crippen LogP contribution in [-0.4, -0.2) is 42.5 Å². The molecule has 2 rings (SSSR count). The molecule has 1 aliphatic heterocycles. The number of carbonyl (C=O) groups excluding carboxylic acids is 1. The van der Waals surface area contributed by atoms with Gasteiger partial charge in [0.2, 0.25) is 0 Å². The number of carbonyl (C=O) groups is 1. The Morgan fingerprint density at radius 1 is 1.45 bits per heavy atom. The van der Waals surface area contributed by atoms with Crippen LogP contribution < -0.4 is 11.1 Å². The molecule has 6 heteroatoms. The van der Waals surface area contributed by atoms with Crippen LogP contribution in [0.5, 0.6) is 0 Å². The molecule has 2 atom stereocenters. The van der Waals surface area contributed by atoms with Gasteiger partial charge in [-0.25, -0.2) is 4.79 Å². The molecule has 0 amide bonds. The summed E-state index contributed by atoms with van der Waals surface area (Å²) >= 11 is 0. The van der Waals surface area contributed by atoms with Crippen molar-refractivity contribution < 1.29 is 19.4 Å². The van der Waals surface area contributed by atoms with Gasteiger partial charge in [-0.3, -0.25) is 0 Å². The molecule has 0 aromatic heterocycles. The van der Waals surface area contributed by atoms with Crippen LogP contribution in [-0.2, 0) is 9.47 Å². The zero-order chi connectivity index (χ0) is 16.3. The fourth-order valence-electron chi connectivity index (χ4n) is 2.28. The number of benzene rings is 1. The lowest BCUT2D eigenvalue weighted by atomic mass is 10.0. The maximum absolute atomic E-state index is 12.1. The van der Waals surface area contributed by atoms with Crippen molar-refractivity contribution in [3.63, 3.8) is 0 Å². The van der Waals surface area contributed by atoms with Crippen LogP contribution in [0.1, 0.15) is 31.1 Å². The van der Waals surface area contributed by atoms with Gasteiger partial charge in [-0.15, -0.1) is 0 Å². The van der Waals surface area contributed by atoms with Crippen molar-refractivity contribution in [3.8, 4) is 0 Å². The highest BCUT2D eigenvalue weighted by molar-refractivity contribution is 5.92. The topological polar surface area (TPSA) is 93.8 Å². The third-order valence-electron chi connectivity index (χ3n) is 3.46. The Morgan fingerprint density at radius 2 is 2.18 bits per heavy atom. The van der Waals surface area contributed by atoms with Gasteiger partial charge >= 0.3 is 5.97 Å². The summed E-state index contributed by atoms with van der Waals surface area (Å²) in [6.45, 7) is 6.53. The number of hydrogen-bond donors (Lipinski definition) is 3. The zero-order valence-corrected chi connectivity index (χ0v) is 13.3. The van der Waals surface area contributed by atoms with Crippen molar-refractivity contribution in [2.75, 3.05) is 30.9 Å². The first-order valence-electron chi connectivity index (χ1n) is 7.38. The van der Waals surface area contributed by atoms with E-state index in [1.165, 1.54) is 0 Å². The minimum atomic E-state index is -0.548. The van der Waals surface area contributed by atoms with Crippen molar-refractivity contribution >= 4 is 17.3 Å². The number of aliphatic hydroxyl groups excluding tert-OH is 1. The minimum absolute atomic E-state index is 0.0181. The molecule has 1 aromatic carbocycles. The molecule has 1 aliphatic rings. The molecule has 122 valence electrons.